The number of hydrogen-bond donors (Lipinski definition) is 2. The molecule has 135 valence electrons. The third kappa shape index (κ3) is 5.16. The van der Waals surface area contributed by atoms with Crippen LogP contribution in [0.25, 0.3) is 21.8 Å². The van der Waals surface area contributed by atoms with Crippen molar-refractivity contribution in [3.05, 3.63) is 84.2 Å². The largest absolute Gasteiger partial charge is 0.477 e. The summed E-state index contributed by atoms with van der Waals surface area (Å²) < 4.78 is 0. The summed E-state index contributed by atoms with van der Waals surface area (Å²) in [6.07, 6.45) is 0. The second-order valence-electron chi connectivity index (χ2n) is 5.37. The van der Waals surface area contributed by atoms with E-state index in [-0.39, 0.29) is 60.8 Å². The van der Waals surface area contributed by atoms with Gasteiger partial charge in [0.2, 0.25) is 0 Å². The van der Waals surface area contributed by atoms with E-state index in [1.165, 1.54) is 12.1 Å². The average molecular weight is 498 g/mol. The van der Waals surface area contributed by atoms with Gasteiger partial charge in [-0.1, -0.05) is 60.7 Å². The summed E-state index contributed by atoms with van der Waals surface area (Å²) in [7, 11) is 0. The van der Waals surface area contributed by atoms with Crippen LogP contribution in [0.3, 0.4) is 0 Å². The van der Waals surface area contributed by atoms with Gasteiger partial charge in [0.25, 0.3) is 0 Å². The van der Waals surface area contributed by atoms with E-state index in [2.05, 4.69) is 9.97 Å². The van der Waals surface area contributed by atoms with Crippen molar-refractivity contribution in [2.75, 3.05) is 0 Å². The number of aromatic carboxylic acids is 2. The maximum Gasteiger partial charge on any atom is 0.354 e. The quantitative estimate of drug-likeness (QED) is 0.407. The first-order valence-corrected chi connectivity index (χ1v) is 7.73. The van der Waals surface area contributed by atoms with Crippen molar-refractivity contribution in [3.63, 3.8) is 0 Å². The number of carboxylic acids is 2. The molecule has 0 unspecified atom stereocenters. The first-order valence-electron chi connectivity index (χ1n) is 7.73. The zero-order chi connectivity index (χ0) is 18.5. The van der Waals surface area contributed by atoms with Crippen LogP contribution < -0.4 is 0 Å². The average Bonchev–Trinajstić information content (AvgIpc) is 2.68. The van der Waals surface area contributed by atoms with Gasteiger partial charge < -0.3 is 10.2 Å². The van der Waals surface area contributed by atoms with Gasteiger partial charge in [-0.25, -0.2) is 19.6 Å². The van der Waals surface area contributed by atoms with Crippen LogP contribution in [-0.2, 0) is 0 Å². The molecule has 0 aliphatic rings. The van der Waals surface area contributed by atoms with Crippen LogP contribution in [-0.4, -0.2) is 32.1 Å². The Bertz CT molecular complexity index is 1000. The summed E-state index contributed by atoms with van der Waals surface area (Å²) in [4.78, 5) is 30.1. The molecule has 2 N–H and O–H groups in total. The number of aromatic nitrogens is 2. The molecule has 2 aromatic heterocycles. The maximum absolute atomic E-state index is 11.0. The van der Waals surface area contributed by atoms with Gasteiger partial charge in [-0.3, -0.25) is 0 Å². The molecule has 2 heterocycles. The molecule has 0 aliphatic carbocycles. The molecule has 27 heavy (non-hydrogen) atoms. The Kier molecular flexibility index (Phi) is 7.53. The van der Waals surface area contributed by atoms with Crippen molar-refractivity contribution >= 4 is 33.7 Å². The Labute approximate surface area is 195 Å². The summed E-state index contributed by atoms with van der Waals surface area (Å²) in [5, 5.41) is 19.4. The molecule has 0 saturated heterocycles. The zero-order valence-corrected chi connectivity index (χ0v) is 16.3. The van der Waals surface area contributed by atoms with E-state index in [4.69, 9.17) is 10.2 Å². The van der Waals surface area contributed by atoms with Crippen molar-refractivity contribution in [1.82, 2.24) is 9.97 Å². The fourth-order valence-electron chi connectivity index (χ4n) is 2.39. The first-order chi connectivity index (χ1) is 12.6. The third-order valence-electron chi connectivity index (χ3n) is 3.62. The van der Waals surface area contributed by atoms with E-state index in [0.29, 0.717) is 21.8 Å². The van der Waals surface area contributed by atoms with Gasteiger partial charge in [0, 0.05) is 60.1 Å². The van der Waals surface area contributed by atoms with Gasteiger partial charge >= 0.3 is 11.9 Å². The molecule has 1 radical (unpaired) electrons. The molecule has 0 spiro atoms. The predicted molar refractivity (Wildman–Crippen MR) is 97.4 cm³/mol. The number of nitrogens with zero attached hydrogens (tertiary/aromatic N) is 2. The first kappa shape index (κ1) is 21.1. The van der Waals surface area contributed by atoms with Crippen molar-refractivity contribution in [3.8, 4) is 0 Å². The minimum atomic E-state index is -1.14. The van der Waals surface area contributed by atoms with Crippen LogP contribution in [0.4, 0.5) is 0 Å². The van der Waals surface area contributed by atoms with Crippen molar-refractivity contribution < 1.29 is 69.2 Å². The molecule has 0 fully saturated rings. The summed E-state index contributed by atoms with van der Waals surface area (Å²) in [5.41, 5.74) is 0.552. The molecule has 7 heteroatoms. The number of carbonyl (C=O) groups is 2. The number of hydrogen-bond acceptors (Lipinski definition) is 4. The van der Waals surface area contributed by atoms with Crippen LogP contribution in [0.1, 0.15) is 21.0 Å². The van der Waals surface area contributed by atoms with Gasteiger partial charge in [0.15, 0.2) is 0 Å². The van der Waals surface area contributed by atoms with Crippen molar-refractivity contribution in [2.45, 2.75) is 0 Å². The van der Waals surface area contributed by atoms with Gasteiger partial charge in [0.05, 0.1) is 11.0 Å². The Hall–Kier alpha value is -2.22. The van der Waals surface area contributed by atoms with Crippen LogP contribution in [0.2, 0.25) is 0 Å². The Balaban J connectivity index is 0.000000320. The van der Waals surface area contributed by atoms with E-state index in [1.54, 1.807) is 24.3 Å². The summed E-state index contributed by atoms with van der Waals surface area (Å²) >= 11 is 0. The minimum Gasteiger partial charge on any atom is -0.477 e. The van der Waals surface area contributed by atoms with E-state index in [1.807, 2.05) is 36.4 Å². The summed E-state index contributed by atoms with van der Waals surface area (Å²) in [6.45, 7) is 0. The second kappa shape index (κ2) is 9.64. The molecular weight excluding hydrogens is 484 g/mol. The van der Waals surface area contributed by atoms with Gasteiger partial charge in [-0.15, -0.1) is 0 Å². The second-order valence-corrected chi connectivity index (χ2v) is 5.37. The molecule has 0 saturated carbocycles. The molecule has 0 aliphatic heterocycles. The van der Waals surface area contributed by atoms with Gasteiger partial charge in [0.1, 0.15) is 11.4 Å². The normalized spacial score (nSPS) is 9.78. The number of pyridine rings is 2. The Morgan fingerprint density at radius 2 is 0.889 bits per heavy atom. The predicted octanol–water partition coefficient (Wildman–Crippen LogP) is 3.87. The standard InChI is InChI=1S/C14H8N2O4.C6H6.Eu/c17-13(18)9-5-3-7-1-2-8-4-6-10(14(19)20)16-12(8)11(7)15-9;1-2-4-6-5-3-1;/h1-6H,(H,17,18)(H,19,20);1-6H;. The SMILES string of the molecule is O=C(O)c1ccc2ccc3ccc(C(=O)O)nc3c2n1.[Eu].c1ccccc1. The van der Waals surface area contributed by atoms with Gasteiger partial charge in [-0.05, 0) is 12.1 Å². The van der Waals surface area contributed by atoms with E-state index in [9.17, 15) is 9.59 Å². The van der Waals surface area contributed by atoms with Crippen LogP contribution in [0.5, 0.6) is 0 Å². The molecule has 4 aromatic rings. The molecule has 6 nitrogen and oxygen atoms in total. The van der Waals surface area contributed by atoms with E-state index in [0.717, 1.165) is 0 Å². The number of fused-ring (bicyclic) bond motifs is 3. The molecule has 0 bridgehead atoms. The fraction of sp³-hybridized carbons (Fsp3) is 0. The Morgan fingerprint density at radius 3 is 1.19 bits per heavy atom. The number of rotatable bonds is 2. The third-order valence-corrected chi connectivity index (χ3v) is 3.62. The Morgan fingerprint density at radius 1 is 0.593 bits per heavy atom. The van der Waals surface area contributed by atoms with E-state index < -0.39 is 11.9 Å². The van der Waals surface area contributed by atoms with Crippen LogP contribution >= 0.6 is 0 Å². The molecule has 0 amide bonds. The smallest absolute Gasteiger partial charge is 0.354 e. The number of carboxylic acid groups (broad SMARTS) is 2. The van der Waals surface area contributed by atoms with E-state index >= 15 is 0 Å². The zero-order valence-electron chi connectivity index (χ0n) is 13.9. The number of benzene rings is 2. The summed E-state index contributed by atoms with van der Waals surface area (Å²) in [6, 6.07) is 21.6. The monoisotopic (exact) mass is 499 g/mol. The molecule has 2 aromatic carbocycles. The van der Waals surface area contributed by atoms with Crippen LogP contribution in [0.15, 0.2) is 72.8 Å². The molecule has 0 atom stereocenters. The van der Waals surface area contributed by atoms with Crippen molar-refractivity contribution in [1.29, 1.82) is 0 Å². The minimum absolute atomic E-state index is 0. The summed E-state index contributed by atoms with van der Waals surface area (Å²) in [5.74, 6) is -2.28. The maximum atomic E-state index is 11.0. The van der Waals surface area contributed by atoms with Gasteiger partial charge in [-0.2, -0.15) is 0 Å². The molecule has 4 rings (SSSR count). The fourth-order valence-corrected chi connectivity index (χ4v) is 2.39. The topological polar surface area (TPSA) is 100 Å². The van der Waals surface area contributed by atoms with Crippen molar-refractivity contribution in [2.24, 2.45) is 0 Å². The molecular formula is C20H14EuN2O4. The van der Waals surface area contributed by atoms with Crippen LogP contribution in [0, 0.1) is 49.4 Å².